The van der Waals surface area contributed by atoms with Gasteiger partial charge in [-0.15, -0.1) is 0 Å². The molecule has 0 amide bonds. The monoisotopic (exact) mass is 197 g/mol. The average Bonchev–Trinajstić information content (AvgIpc) is 3.00. The van der Waals surface area contributed by atoms with Gasteiger partial charge in [-0.25, -0.2) is 0 Å². The van der Waals surface area contributed by atoms with Gasteiger partial charge in [0, 0.05) is 12.6 Å². The Morgan fingerprint density at radius 1 is 1.36 bits per heavy atom. The summed E-state index contributed by atoms with van der Waals surface area (Å²) in [7, 11) is 0. The molecule has 0 bridgehead atoms. The maximum absolute atomic E-state index is 11.3. The van der Waals surface area contributed by atoms with Crippen LogP contribution in [0.3, 0.4) is 0 Å². The van der Waals surface area contributed by atoms with Crippen molar-refractivity contribution in [3.8, 4) is 0 Å². The van der Waals surface area contributed by atoms with Crippen molar-refractivity contribution in [2.75, 3.05) is 19.7 Å². The van der Waals surface area contributed by atoms with Gasteiger partial charge < -0.3 is 4.74 Å². The molecule has 0 radical (unpaired) electrons. The maximum Gasteiger partial charge on any atom is 0.320 e. The normalized spacial score (nSPS) is 21.3. The number of esters is 1. The first-order valence-electron chi connectivity index (χ1n) is 5.69. The van der Waals surface area contributed by atoms with Gasteiger partial charge in [0.2, 0.25) is 0 Å². The van der Waals surface area contributed by atoms with E-state index in [1.165, 1.54) is 25.7 Å². The molecule has 0 atom stereocenters. The minimum Gasteiger partial charge on any atom is -0.465 e. The van der Waals surface area contributed by atoms with E-state index in [-0.39, 0.29) is 5.97 Å². The predicted molar refractivity (Wildman–Crippen MR) is 54.0 cm³/mol. The molecule has 2 saturated carbocycles. The third-order valence-corrected chi connectivity index (χ3v) is 2.89. The molecule has 3 heteroatoms. The molecule has 0 aromatic heterocycles. The average molecular weight is 197 g/mol. The van der Waals surface area contributed by atoms with Crippen LogP contribution >= 0.6 is 0 Å². The van der Waals surface area contributed by atoms with Gasteiger partial charge in [-0.3, -0.25) is 9.69 Å². The lowest BCUT2D eigenvalue weighted by Gasteiger charge is -2.20. The highest BCUT2D eigenvalue weighted by Gasteiger charge is 2.34. The van der Waals surface area contributed by atoms with Crippen molar-refractivity contribution >= 4 is 5.97 Å². The van der Waals surface area contributed by atoms with Crippen LogP contribution in [-0.4, -0.2) is 36.6 Å². The van der Waals surface area contributed by atoms with Crippen LogP contribution in [0.1, 0.15) is 32.6 Å². The van der Waals surface area contributed by atoms with E-state index in [0.717, 1.165) is 12.5 Å². The summed E-state index contributed by atoms with van der Waals surface area (Å²) in [6.07, 6.45) is 5.25. The molecule has 2 aliphatic rings. The topological polar surface area (TPSA) is 29.5 Å². The third-order valence-electron chi connectivity index (χ3n) is 2.89. The quantitative estimate of drug-likeness (QED) is 0.603. The fourth-order valence-electron chi connectivity index (χ4n) is 1.79. The molecule has 0 N–H and O–H groups in total. The molecule has 0 aromatic carbocycles. The Kier molecular flexibility index (Phi) is 3.06. The number of rotatable bonds is 6. The van der Waals surface area contributed by atoms with E-state index < -0.39 is 0 Å². The van der Waals surface area contributed by atoms with E-state index in [1.54, 1.807) is 0 Å². The first kappa shape index (κ1) is 9.97. The summed E-state index contributed by atoms with van der Waals surface area (Å²) >= 11 is 0. The molecule has 14 heavy (non-hydrogen) atoms. The van der Waals surface area contributed by atoms with Crippen LogP contribution in [0.4, 0.5) is 0 Å². The summed E-state index contributed by atoms with van der Waals surface area (Å²) in [5, 5.41) is 0. The van der Waals surface area contributed by atoms with Crippen LogP contribution in [0.2, 0.25) is 0 Å². The Hall–Kier alpha value is -0.570. The van der Waals surface area contributed by atoms with Gasteiger partial charge in [-0.2, -0.15) is 0 Å². The molecule has 0 aliphatic heterocycles. The van der Waals surface area contributed by atoms with Gasteiger partial charge in [-0.1, -0.05) is 0 Å². The fourth-order valence-corrected chi connectivity index (χ4v) is 1.79. The van der Waals surface area contributed by atoms with Gasteiger partial charge in [0.05, 0.1) is 13.2 Å². The molecule has 80 valence electrons. The largest absolute Gasteiger partial charge is 0.465 e. The van der Waals surface area contributed by atoms with Crippen molar-refractivity contribution in [3.05, 3.63) is 0 Å². The summed E-state index contributed by atoms with van der Waals surface area (Å²) in [4.78, 5) is 13.6. The SMILES string of the molecule is CCOC(=O)CN(CC1CC1)C1CC1. The predicted octanol–water partition coefficient (Wildman–Crippen LogP) is 1.42. The van der Waals surface area contributed by atoms with Gasteiger partial charge in [-0.05, 0) is 38.5 Å². The van der Waals surface area contributed by atoms with Crippen molar-refractivity contribution in [3.63, 3.8) is 0 Å². The second kappa shape index (κ2) is 4.30. The molecule has 2 aliphatic carbocycles. The van der Waals surface area contributed by atoms with Crippen molar-refractivity contribution in [1.82, 2.24) is 4.90 Å². The number of nitrogens with zero attached hydrogens (tertiary/aromatic N) is 1. The first-order valence-corrected chi connectivity index (χ1v) is 5.69. The summed E-state index contributed by atoms with van der Waals surface area (Å²) in [6.45, 7) is 3.99. The lowest BCUT2D eigenvalue weighted by Crippen LogP contribution is -2.34. The van der Waals surface area contributed by atoms with Crippen LogP contribution in [0.25, 0.3) is 0 Å². The van der Waals surface area contributed by atoms with Crippen molar-refractivity contribution in [1.29, 1.82) is 0 Å². The van der Waals surface area contributed by atoms with Crippen LogP contribution < -0.4 is 0 Å². The van der Waals surface area contributed by atoms with E-state index in [4.69, 9.17) is 4.74 Å². The van der Waals surface area contributed by atoms with Crippen molar-refractivity contribution in [2.24, 2.45) is 5.92 Å². The second-order valence-corrected chi connectivity index (χ2v) is 4.41. The summed E-state index contributed by atoms with van der Waals surface area (Å²) in [5.41, 5.74) is 0. The van der Waals surface area contributed by atoms with Gasteiger partial charge >= 0.3 is 5.97 Å². The summed E-state index contributed by atoms with van der Waals surface area (Å²) < 4.78 is 4.97. The zero-order valence-electron chi connectivity index (χ0n) is 8.87. The molecule has 0 spiro atoms. The van der Waals surface area contributed by atoms with E-state index in [0.29, 0.717) is 19.2 Å². The molecule has 0 aromatic rings. The summed E-state index contributed by atoms with van der Waals surface area (Å²) in [6, 6.07) is 0.681. The Bertz CT molecular complexity index is 209. The smallest absolute Gasteiger partial charge is 0.320 e. The lowest BCUT2D eigenvalue weighted by atomic mass is 10.3. The van der Waals surface area contributed by atoms with Crippen LogP contribution in [0.15, 0.2) is 0 Å². The van der Waals surface area contributed by atoms with E-state index >= 15 is 0 Å². The highest BCUT2D eigenvalue weighted by Crippen LogP contribution is 2.34. The van der Waals surface area contributed by atoms with E-state index in [2.05, 4.69) is 4.90 Å². The Labute approximate surface area is 85.4 Å². The highest BCUT2D eigenvalue weighted by atomic mass is 16.5. The molecule has 0 heterocycles. The standard InChI is InChI=1S/C11H19NO2/c1-2-14-11(13)8-12(10-5-6-10)7-9-3-4-9/h9-10H,2-8H2,1H3. The molecule has 2 fully saturated rings. The Morgan fingerprint density at radius 3 is 2.57 bits per heavy atom. The fraction of sp³-hybridized carbons (Fsp3) is 0.909. The van der Waals surface area contributed by atoms with Crippen molar-refractivity contribution in [2.45, 2.75) is 38.6 Å². The maximum atomic E-state index is 11.3. The zero-order chi connectivity index (χ0) is 9.97. The Balaban J connectivity index is 1.74. The van der Waals surface area contributed by atoms with Crippen LogP contribution in [0, 0.1) is 5.92 Å². The van der Waals surface area contributed by atoms with E-state index in [1.807, 2.05) is 6.92 Å². The summed E-state index contributed by atoms with van der Waals surface area (Å²) in [5.74, 6) is 0.810. The number of carbonyl (C=O) groups is 1. The van der Waals surface area contributed by atoms with E-state index in [9.17, 15) is 4.79 Å². The molecule has 2 rings (SSSR count). The third kappa shape index (κ3) is 2.98. The first-order chi connectivity index (χ1) is 6.79. The zero-order valence-corrected chi connectivity index (χ0v) is 8.87. The second-order valence-electron chi connectivity index (χ2n) is 4.41. The molecule has 0 saturated heterocycles. The molecule has 0 unspecified atom stereocenters. The van der Waals surface area contributed by atoms with Crippen LogP contribution in [-0.2, 0) is 9.53 Å². The van der Waals surface area contributed by atoms with Gasteiger partial charge in [0.1, 0.15) is 0 Å². The number of carbonyl (C=O) groups excluding carboxylic acids is 1. The molecule has 3 nitrogen and oxygen atoms in total. The lowest BCUT2D eigenvalue weighted by molar-refractivity contribution is -0.144. The van der Waals surface area contributed by atoms with Crippen LogP contribution in [0.5, 0.6) is 0 Å². The minimum atomic E-state index is -0.0555. The highest BCUT2D eigenvalue weighted by molar-refractivity contribution is 5.71. The Morgan fingerprint density at radius 2 is 2.07 bits per heavy atom. The number of ether oxygens (including phenoxy) is 1. The number of hydrogen-bond donors (Lipinski definition) is 0. The van der Waals surface area contributed by atoms with Gasteiger partial charge in [0.25, 0.3) is 0 Å². The van der Waals surface area contributed by atoms with Crippen molar-refractivity contribution < 1.29 is 9.53 Å². The molecular weight excluding hydrogens is 178 g/mol. The minimum absolute atomic E-state index is 0.0555. The number of hydrogen-bond acceptors (Lipinski definition) is 3. The van der Waals surface area contributed by atoms with Gasteiger partial charge in [0.15, 0.2) is 0 Å². The molecular formula is C11H19NO2.